The monoisotopic (exact) mass is 249 g/mol. The third kappa shape index (κ3) is 2.89. The van der Waals surface area contributed by atoms with Gasteiger partial charge in [0.2, 0.25) is 0 Å². The molecular formula is C14H19NO3. The molecule has 4 nitrogen and oxygen atoms in total. The molecule has 0 aromatic heterocycles. The molecule has 2 unspecified atom stereocenters. The second kappa shape index (κ2) is 5.50. The molecule has 0 amide bonds. The number of benzene rings is 1. The number of aryl methyl sites for hydroxylation is 2. The molecule has 2 rings (SSSR count). The fraction of sp³-hybridized carbons (Fsp3) is 0.500. The molecule has 2 atom stereocenters. The van der Waals surface area contributed by atoms with Gasteiger partial charge in [0, 0.05) is 6.54 Å². The molecule has 0 bridgehead atoms. The van der Waals surface area contributed by atoms with E-state index in [0.29, 0.717) is 0 Å². The van der Waals surface area contributed by atoms with E-state index in [1.165, 1.54) is 17.5 Å². The van der Waals surface area contributed by atoms with E-state index >= 15 is 0 Å². The van der Waals surface area contributed by atoms with Gasteiger partial charge in [-0.15, -0.1) is 0 Å². The van der Waals surface area contributed by atoms with Crippen molar-refractivity contribution in [2.75, 3.05) is 6.54 Å². The third-order valence-corrected chi connectivity index (χ3v) is 3.50. The number of hydrogen-bond acceptors (Lipinski definition) is 3. The molecule has 1 aliphatic rings. The van der Waals surface area contributed by atoms with Crippen molar-refractivity contribution < 1.29 is 15.0 Å². The van der Waals surface area contributed by atoms with E-state index in [2.05, 4.69) is 11.4 Å². The second-order valence-electron chi connectivity index (χ2n) is 4.87. The van der Waals surface area contributed by atoms with Crippen molar-refractivity contribution in [2.45, 2.75) is 38.3 Å². The van der Waals surface area contributed by atoms with E-state index < -0.39 is 18.1 Å². The summed E-state index contributed by atoms with van der Waals surface area (Å²) in [5.41, 5.74) is 3.55. The van der Waals surface area contributed by atoms with Gasteiger partial charge in [-0.05, 0) is 42.9 Å². The lowest BCUT2D eigenvalue weighted by Crippen LogP contribution is -2.36. The predicted octanol–water partition coefficient (Wildman–Crippen LogP) is 1.27. The Kier molecular flexibility index (Phi) is 3.99. The molecular weight excluding hydrogens is 230 g/mol. The highest BCUT2D eigenvalue weighted by molar-refractivity contribution is 5.72. The van der Waals surface area contributed by atoms with Crippen molar-refractivity contribution in [2.24, 2.45) is 0 Å². The van der Waals surface area contributed by atoms with Crippen LogP contribution in [0.1, 0.15) is 36.1 Å². The van der Waals surface area contributed by atoms with Gasteiger partial charge in [-0.25, -0.2) is 0 Å². The zero-order chi connectivity index (χ0) is 13.1. The Balaban J connectivity index is 1.97. The Morgan fingerprint density at radius 3 is 2.83 bits per heavy atom. The zero-order valence-corrected chi connectivity index (χ0v) is 10.5. The number of aliphatic hydroxyl groups excluding tert-OH is 1. The van der Waals surface area contributed by atoms with Gasteiger partial charge in [-0.1, -0.05) is 18.2 Å². The molecule has 0 fully saturated rings. The van der Waals surface area contributed by atoms with Gasteiger partial charge < -0.3 is 15.5 Å². The molecule has 0 saturated heterocycles. The van der Waals surface area contributed by atoms with Crippen molar-refractivity contribution in [3.8, 4) is 0 Å². The summed E-state index contributed by atoms with van der Waals surface area (Å²) in [4.78, 5) is 10.7. The third-order valence-electron chi connectivity index (χ3n) is 3.50. The molecule has 0 spiro atoms. The van der Waals surface area contributed by atoms with Gasteiger partial charge in [0.15, 0.2) is 0 Å². The Hall–Kier alpha value is -1.39. The molecule has 3 N–H and O–H groups in total. The van der Waals surface area contributed by atoms with E-state index in [0.717, 1.165) is 18.4 Å². The number of rotatable bonds is 5. The predicted molar refractivity (Wildman–Crippen MR) is 68.5 cm³/mol. The topological polar surface area (TPSA) is 69.6 Å². The molecule has 1 aromatic rings. The van der Waals surface area contributed by atoms with Crippen LogP contribution in [0, 0.1) is 0 Å². The van der Waals surface area contributed by atoms with Gasteiger partial charge in [-0.2, -0.15) is 0 Å². The highest BCUT2D eigenvalue weighted by Gasteiger charge is 2.16. The van der Waals surface area contributed by atoms with Crippen LogP contribution in [-0.4, -0.2) is 28.8 Å². The Morgan fingerprint density at radius 1 is 1.39 bits per heavy atom. The lowest BCUT2D eigenvalue weighted by atomic mass is 10.0. The number of carboxylic acids is 1. The summed E-state index contributed by atoms with van der Waals surface area (Å²) in [6.07, 6.45) is 2.73. The lowest BCUT2D eigenvalue weighted by Gasteiger charge is -2.15. The van der Waals surface area contributed by atoms with Crippen LogP contribution < -0.4 is 5.32 Å². The van der Waals surface area contributed by atoms with E-state index in [-0.39, 0.29) is 6.54 Å². The Morgan fingerprint density at radius 2 is 2.11 bits per heavy atom. The van der Waals surface area contributed by atoms with Gasteiger partial charge in [0.1, 0.15) is 6.04 Å². The molecule has 98 valence electrons. The van der Waals surface area contributed by atoms with Gasteiger partial charge >= 0.3 is 5.97 Å². The van der Waals surface area contributed by atoms with Crippen molar-refractivity contribution in [1.82, 2.24) is 5.32 Å². The molecule has 18 heavy (non-hydrogen) atoms. The number of carbonyl (C=O) groups is 1. The van der Waals surface area contributed by atoms with Crippen LogP contribution in [-0.2, 0) is 17.6 Å². The standard InChI is InChI=1S/C14H19NO3/c1-9(14(17)18)15-8-13(16)12-6-5-10-3-2-4-11(10)7-12/h5-7,9,13,15-16H,2-4,8H2,1H3,(H,17,18). The summed E-state index contributed by atoms with van der Waals surface area (Å²) in [7, 11) is 0. The number of aliphatic carboxylic acids is 1. The van der Waals surface area contributed by atoms with Crippen LogP contribution in [0.2, 0.25) is 0 Å². The van der Waals surface area contributed by atoms with Gasteiger partial charge in [0.25, 0.3) is 0 Å². The van der Waals surface area contributed by atoms with E-state index in [1.807, 2.05) is 12.1 Å². The summed E-state index contributed by atoms with van der Waals surface area (Å²) >= 11 is 0. The van der Waals surface area contributed by atoms with Crippen LogP contribution in [0.3, 0.4) is 0 Å². The number of carboxylic acid groups (broad SMARTS) is 1. The molecule has 0 saturated carbocycles. The van der Waals surface area contributed by atoms with Crippen molar-refractivity contribution in [3.63, 3.8) is 0 Å². The Bertz CT molecular complexity index is 445. The number of fused-ring (bicyclic) bond motifs is 1. The highest BCUT2D eigenvalue weighted by atomic mass is 16.4. The Labute approximate surface area is 107 Å². The maximum atomic E-state index is 10.7. The fourth-order valence-corrected chi connectivity index (χ4v) is 2.29. The first-order valence-corrected chi connectivity index (χ1v) is 6.34. The minimum atomic E-state index is -0.906. The summed E-state index contributed by atoms with van der Waals surface area (Å²) in [6, 6.07) is 5.40. The van der Waals surface area contributed by atoms with Gasteiger partial charge in [0.05, 0.1) is 6.10 Å². The average molecular weight is 249 g/mol. The minimum Gasteiger partial charge on any atom is -0.480 e. The summed E-state index contributed by atoms with van der Waals surface area (Å²) in [5, 5.41) is 21.6. The largest absolute Gasteiger partial charge is 0.480 e. The molecule has 1 aliphatic carbocycles. The van der Waals surface area contributed by atoms with Crippen LogP contribution in [0.4, 0.5) is 0 Å². The van der Waals surface area contributed by atoms with E-state index in [4.69, 9.17) is 5.11 Å². The summed E-state index contributed by atoms with van der Waals surface area (Å²) < 4.78 is 0. The maximum absolute atomic E-state index is 10.7. The van der Waals surface area contributed by atoms with Gasteiger partial charge in [-0.3, -0.25) is 4.79 Å². The first-order valence-electron chi connectivity index (χ1n) is 6.34. The first kappa shape index (κ1) is 13.1. The molecule has 0 aliphatic heterocycles. The first-order chi connectivity index (χ1) is 8.58. The number of nitrogens with one attached hydrogen (secondary N) is 1. The zero-order valence-electron chi connectivity index (χ0n) is 10.5. The quantitative estimate of drug-likeness (QED) is 0.735. The van der Waals surface area contributed by atoms with Crippen LogP contribution in [0.25, 0.3) is 0 Å². The van der Waals surface area contributed by atoms with E-state index in [1.54, 1.807) is 6.92 Å². The normalized spacial score (nSPS) is 17.2. The minimum absolute atomic E-state index is 0.256. The molecule has 1 aromatic carbocycles. The number of aliphatic hydroxyl groups is 1. The van der Waals surface area contributed by atoms with Crippen LogP contribution in [0.5, 0.6) is 0 Å². The van der Waals surface area contributed by atoms with Crippen molar-refractivity contribution >= 4 is 5.97 Å². The highest BCUT2D eigenvalue weighted by Crippen LogP contribution is 2.25. The summed E-state index contributed by atoms with van der Waals surface area (Å²) in [5.74, 6) is -0.906. The van der Waals surface area contributed by atoms with Crippen LogP contribution in [0.15, 0.2) is 18.2 Å². The summed E-state index contributed by atoms with van der Waals surface area (Å²) in [6.45, 7) is 1.82. The molecule has 4 heteroatoms. The maximum Gasteiger partial charge on any atom is 0.320 e. The fourth-order valence-electron chi connectivity index (χ4n) is 2.29. The average Bonchev–Trinajstić information content (AvgIpc) is 2.82. The smallest absolute Gasteiger partial charge is 0.320 e. The SMILES string of the molecule is CC(NCC(O)c1ccc2c(c1)CCC2)C(=O)O. The molecule has 0 radical (unpaired) electrons. The second-order valence-corrected chi connectivity index (χ2v) is 4.87. The number of hydrogen-bond donors (Lipinski definition) is 3. The lowest BCUT2D eigenvalue weighted by molar-refractivity contribution is -0.139. The van der Waals surface area contributed by atoms with Crippen molar-refractivity contribution in [1.29, 1.82) is 0 Å². The van der Waals surface area contributed by atoms with Crippen molar-refractivity contribution in [3.05, 3.63) is 34.9 Å². The molecule has 0 heterocycles. The van der Waals surface area contributed by atoms with E-state index in [9.17, 15) is 9.90 Å². The van der Waals surface area contributed by atoms with Crippen LogP contribution >= 0.6 is 0 Å².